The average molecular weight is 328 g/mol. The minimum Gasteiger partial charge on any atom is -0.378 e. The number of anilines is 1. The van der Waals surface area contributed by atoms with E-state index in [-0.39, 0.29) is 11.8 Å². The van der Waals surface area contributed by atoms with Crippen LogP contribution in [0.5, 0.6) is 0 Å². The number of rotatable bonds is 7. The Kier molecular flexibility index (Phi) is 6.53. The van der Waals surface area contributed by atoms with Crippen LogP contribution in [0, 0.1) is 5.92 Å². The lowest BCUT2D eigenvalue weighted by Crippen LogP contribution is -2.29. The summed E-state index contributed by atoms with van der Waals surface area (Å²) in [5, 5.41) is 3.02. The molecule has 2 aromatic carbocycles. The highest BCUT2D eigenvalue weighted by molar-refractivity contribution is 7.99. The van der Waals surface area contributed by atoms with Gasteiger partial charge in [-0.05, 0) is 29.8 Å². The predicted molar refractivity (Wildman–Crippen MR) is 98.9 cm³/mol. The van der Waals surface area contributed by atoms with E-state index in [4.69, 9.17) is 0 Å². The van der Waals surface area contributed by atoms with Gasteiger partial charge in [0.1, 0.15) is 0 Å². The fraction of sp³-hybridized carbons (Fsp3) is 0.316. The summed E-state index contributed by atoms with van der Waals surface area (Å²) in [7, 11) is 4.03. The van der Waals surface area contributed by atoms with Crippen molar-refractivity contribution in [3.63, 3.8) is 0 Å². The molecule has 23 heavy (non-hydrogen) atoms. The summed E-state index contributed by atoms with van der Waals surface area (Å²) >= 11 is 1.72. The minimum absolute atomic E-state index is 0.0127. The van der Waals surface area contributed by atoms with Crippen LogP contribution in [0.4, 0.5) is 5.69 Å². The molecule has 1 unspecified atom stereocenters. The highest BCUT2D eigenvalue weighted by atomic mass is 32.2. The summed E-state index contributed by atoms with van der Waals surface area (Å²) in [4.78, 5) is 15.4. The maximum absolute atomic E-state index is 12.2. The number of benzene rings is 2. The normalized spacial score (nSPS) is 11.8. The van der Waals surface area contributed by atoms with Crippen LogP contribution in [0.15, 0.2) is 59.5 Å². The number of amides is 1. The smallest absolute Gasteiger partial charge is 0.223 e. The van der Waals surface area contributed by atoms with E-state index >= 15 is 0 Å². The van der Waals surface area contributed by atoms with Gasteiger partial charge in [0.05, 0.1) is 0 Å². The third-order valence-electron chi connectivity index (χ3n) is 3.61. The quantitative estimate of drug-likeness (QED) is 0.785. The molecule has 0 aliphatic heterocycles. The summed E-state index contributed by atoms with van der Waals surface area (Å²) in [5.41, 5.74) is 2.28. The highest BCUT2D eigenvalue weighted by Gasteiger charge is 2.12. The molecule has 1 amide bonds. The van der Waals surface area contributed by atoms with Crippen molar-refractivity contribution in [3.8, 4) is 0 Å². The molecule has 122 valence electrons. The first-order valence-corrected chi connectivity index (χ1v) is 8.76. The van der Waals surface area contributed by atoms with Gasteiger partial charge in [0.25, 0.3) is 0 Å². The Morgan fingerprint density at radius 1 is 1.09 bits per heavy atom. The number of hydrogen-bond donors (Lipinski definition) is 1. The van der Waals surface area contributed by atoms with E-state index in [1.165, 1.54) is 4.90 Å². The second-order valence-corrected chi connectivity index (χ2v) is 6.90. The Morgan fingerprint density at radius 3 is 2.35 bits per heavy atom. The zero-order valence-electron chi connectivity index (χ0n) is 14.0. The molecule has 0 bridgehead atoms. The molecule has 3 nitrogen and oxygen atoms in total. The van der Waals surface area contributed by atoms with Crippen LogP contribution in [0.1, 0.15) is 12.5 Å². The third kappa shape index (κ3) is 5.64. The zero-order chi connectivity index (χ0) is 16.7. The Hall–Kier alpha value is -1.94. The van der Waals surface area contributed by atoms with Crippen molar-refractivity contribution in [1.29, 1.82) is 0 Å². The van der Waals surface area contributed by atoms with Crippen molar-refractivity contribution in [3.05, 3.63) is 60.2 Å². The minimum atomic E-state index is -0.0127. The van der Waals surface area contributed by atoms with Crippen molar-refractivity contribution in [2.45, 2.75) is 18.4 Å². The van der Waals surface area contributed by atoms with Crippen molar-refractivity contribution in [2.24, 2.45) is 5.92 Å². The van der Waals surface area contributed by atoms with Crippen LogP contribution in [0.2, 0.25) is 0 Å². The van der Waals surface area contributed by atoms with Gasteiger partial charge < -0.3 is 10.2 Å². The molecule has 4 heteroatoms. The van der Waals surface area contributed by atoms with Crippen molar-refractivity contribution in [2.75, 3.05) is 24.7 Å². The largest absolute Gasteiger partial charge is 0.378 e. The molecule has 1 atom stereocenters. The van der Waals surface area contributed by atoms with Gasteiger partial charge in [0, 0.05) is 42.9 Å². The summed E-state index contributed by atoms with van der Waals surface area (Å²) in [6.45, 7) is 2.55. The van der Waals surface area contributed by atoms with Crippen LogP contribution < -0.4 is 10.2 Å². The van der Waals surface area contributed by atoms with Crippen LogP contribution in [-0.4, -0.2) is 25.8 Å². The molecule has 0 saturated heterocycles. The molecule has 1 N–H and O–H groups in total. The van der Waals surface area contributed by atoms with Crippen LogP contribution in [0.25, 0.3) is 0 Å². The van der Waals surface area contributed by atoms with Crippen LogP contribution in [-0.2, 0) is 11.3 Å². The van der Waals surface area contributed by atoms with E-state index in [0.29, 0.717) is 6.54 Å². The van der Waals surface area contributed by atoms with Gasteiger partial charge in [-0.3, -0.25) is 4.79 Å². The Labute approximate surface area is 143 Å². The molecular formula is C19H24N2OS. The monoisotopic (exact) mass is 328 g/mol. The first-order chi connectivity index (χ1) is 11.1. The van der Waals surface area contributed by atoms with Crippen molar-refractivity contribution in [1.82, 2.24) is 5.32 Å². The number of carbonyl (C=O) groups is 1. The van der Waals surface area contributed by atoms with E-state index in [0.717, 1.165) is 17.0 Å². The number of nitrogens with one attached hydrogen (secondary N) is 1. The molecule has 0 radical (unpaired) electrons. The number of carbonyl (C=O) groups excluding carboxylic acids is 1. The molecule has 0 aromatic heterocycles. The van der Waals surface area contributed by atoms with E-state index in [9.17, 15) is 4.79 Å². The van der Waals surface area contributed by atoms with Gasteiger partial charge in [-0.1, -0.05) is 37.3 Å². The van der Waals surface area contributed by atoms with Gasteiger partial charge in [-0.2, -0.15) is 0 Å². The first kappa shape index (κ1) is 17.4. The summed E-state index contributed by atoms with van der Waals surface area (Å²) in [6.07, 6.45) is 0. The Morgan fingerprint density at radius 2 is 1.74 bits per heavy atom. The molecule has 0 fully saturated rings. The lowest BCUT2D eigenvalue weighted by molar-refractivity contribution is -0.124. The van der Waals surface area contributed by atoms with Crippen LogP contribution >= 0.6 is 11.8 Å². The summed E-state index contributed by atoms with van der Waals surface area (Å²) in [5.74, 6) is 0.876. The summed E-state index contributed by atoms with van der Waals surface area (Å²) in [6, 6.07) is 18.4. The molecule has 0 spiro atoms. The molecule has 0 aliphatic carbocycles. The fourth-order valence-electron chi connectivity index (χ4n) is 2.09. The zero-order valence-corrected chi connectivity index (χ0v) is 14.8. The second kappa shape index (κ2) is 8.63. The summed E-state index contributed by atoms with van der Waals surface area (Å²) < 4.78 is 0. The molecule has 0 heterocycles. The fourth-order valence-corrected chi connectivity index (χ4v) is 3.03. The highest BCUT2D eigenvalue weighted by Crippen LogP contribution is 2.20. The lowest BCUT2D eigenvalue weighted by atomic mass is 10.1. The average Bonchev–Trinajstić information content (AvgIpc) is 2.58. The van der Waals surface area contributed by atoms with Crippen molar-refractivity contribution < 1.29 is 4.79 Å². The molecule has 2 aromatic rings. The topological polar surface area (TPSA) is 32.3 Å². The van der Waals surface area contributed by atoms with Gasteiger partial charge >= 0.3 is 0 Å². The number of nitrogens with zero attached hydrogens (tertiary/aromatic N) is 1. The Balaban J connectivity index is 1.77. The predicted octanol–water partition coefficient (Wildman–Crippen LogP) is 3.80. The Bertz CT molecular complexity index is 611. The molecular weight excluding hydrogens is 304 g/mol. The van der Waals surface area contributed by atoms with E-state index in [1.807, 2.05) is 39.2 Å². The first-order valence-electron chi connectivity index (χ1n) is 7.78. The van der Waals surface area contributed by atoms with E-state index < -0.39 is 0 Å². The van der Waals surface area contributed by atoms with E-state index in [1.54, 1.807) is 11.8 Å². The van der Waals surface area contributed by atoms with E-state index in [2.05, 4.69) is 46.6 Å². The van der Waals surface area contributed by atoms with Gasteiger partial charge in [-0.15, -0.1) is 11.8 Å². The van der Waals surface area contributed by atoms with Gasteiger partial charge in [-0.25, -0.2) is 0 Å². The van der Waals surface area contributed by atoms with Gasteiger partial charge in [0.2, 0.25) is 5.91 Å². The maximum atomic E-state index is 12.2. The van der Waals surface area contributed by atoms with Gasteiger partial charge in [0.15, 0.2) is 0 Å². The SMILES string of the molecule is CC(CSc1ccccc1)C(=O)NCc1ccc(N(C)C)cc1. The molecule has 0 saturated carbocycles. The maximum Gasteiger partial charge on any atom is 0.223 e. The van der Waals surface area contributed by atoms with Crippen LogP contribution in [0.3, 0.4) is 0 Å². The lowest BCUT2D eigenvalue weighted by Gasteiger charge is -2.14. The number of thioether (sulfide) groups is 1. The molecule has 2 rings (SSSR count). The third-order valence-corrected chi connectivity index (χ3v) is 4.88. The van der Waals surface area contributed by atoms with Crippen molar-refractivity contribution >= 4 is 23.4 Å². The molecule has 0 aliphatic rings. The second-order valence-electron chi connectivity index (χ2n) is 5.80. The number of hydrogen-bond acceptors (Lipinski definition) is 3. The standard InChI is InChI=1S/C19H24N2OS/c1-15(14-23-18-7-5-4-6-8-18)19(22)20-13-16-9-11-17(12-10-16)21(2)3/h4-12,15H,13-14H2,1-3H3,(H,20,22).